The summed E-state index contributed by atoms with van der Waals surface area (Å²) < 4.78 is 0. The van der Waals surface area contributed by atoms with Crippen LogP contribution < -0.4 is 5.73 Å². The summed E-state index contributed by atoms with van der Waals surface area (Å²) in [6.07, 6.45) is 5.31. The molecule has 0 aliphatic carbocycles. The average Bonchev–Trinajstić information content (AvgIpc) is 2.76. The first-order chi connectivity index (χ1) is 8.17. The molecule has 0 radical (unpaired) electrons. The Morgan fingerprint density at radius 2 is 2.00 bits per heavy atom. The fraction of sp³-hybridized carbons (Fsp3) is 0.769. The van der Waals surface area contributed by atoms with Crippen molar-refractivity contribution in [2.75, 3.05) is 18.8 Å². The minimum atomic E-state index is 0.609. The molecule has 2 rings (SSSR count). The van der Waals surface area contributed by atoms with E-state index >= 15 is 0 Å². The third-order valence-corrected chi connectivity index (χ3v) is 5.09. The number of hydrogen-bond donors (Lipinski definition) is 1. The van der Waals surface area contributed by atoms with E-state index in [0.717, 1.165) is 12.2 Å². The summed E-state index contributed by atoms with van der Waals surface area (Å²) in [5.41, 5.74) is 7.40. The zero-order valence-corrected chi connectivity index (χ0v) is 11.7. The molecule has 1 aromatic heterocycles. The zero-order valence-electron chi connectivity index (χ0n) is 10.9. The molecule has 2 heterocycles. The minimum Gasteiger partial charge on any atom is -0.375 e. The van der Waals surface area contributed by atoms with Crippen LogP contribution in [0.15, 0.2) is 5.38 Å². The summed E-state index contributed by atoms with van der Waals surface area (Å²) in [5, 5.41) is 2.77. The van der Waals surface area contributed by atoms with Crippen molar-refractivity contribution in [2.45, 2.75) is 46.1 Å². The van der Waals surface area contributed by atoms with Crippen LogP contribution >= 0.6 is 11.3 Å². The largest absolute Gasteiger partial charge is 0.375 e. The molecule has 1 saturated heterocycles. The van der Waals surface area contributed by atoms with E-state index in [0.29, 0.717) is 10.5 Å². The minimum absolute atomic E-state index is 0.609. The van der Waals surface area contributed by atoms with Crippen LogP contribution in [0.2, 0.25) is 0 Å². The maximum Gasteiger partial charge on any atom is 0.180 e. The van der Waals surface area contributed by atoms with Crippen LogP contribution in [0.25, 0.3) is 0 Å². The van der Waals surface area contributed by atoms with E-state index in [1.165, 1.54) is 38.8 Å². The van der Waals surface area contributed by atoms with Crippen molar-refractivity contribution < 1.29 is 0 Å². The van der Waals surface area contributed by atoms with Gasteiger partial charge < -0.3 is 5.73 Å². The molecular formula is C13H23N3S. The summed E-state index contributed by atoms with van der Waals surface area (Å²) in [6, 6.07) is 0. The number of hydrogen-bond acceptors (Lipinski definition) is 4. The number of nitrogens with two attached hydrogens (primary N) is 1. The summed E-state index contributed by atoms with van der Waals surface area (Å²) in [5.74, 6) is 0. The Morgan fingerprint density at radius 1 is 1.35 bits per heavy atom. The first-order valence-electron chi connectivity index (χ1n) is 6.60. The van der Waals surface area contributed by atoms with E-state index in [-0.39, 0.29) is 0 Å². The van der Waals surface area contributed by atoms with Crippen LogP contribution in [-0.2, 0) is 6.54 Å². The van der Waals surface area contributed by atoms with Crippen LogP contribution in [0.4, 0.5) is 5.13 Å². The van der Waals surface area contributed by atoms with E-state index < -0.39 is 0 Å². The fourth-order valence-corrected chi connectivity index (χ4v) is 3.32. The van der Waals surface area contributed by atoms with Gasteiger partial charge in [-0.3, -0.25) is 4.90 Å². The van der Waals surface area contributed by atoms with Gasteiger partial charge in [0.1, 0.15) is 0 Å². The Balaban J connectivity index is 1.87. The quantitative estimate of drug-likeness (QED) is 0.896. The van der Waals surface area contributed by atoms with Gasteiger partial charge in [0.25, 0.3) is 0 Å². The van der Waals surface area contributed by atoms with Crippen molar-refractivity contribution in [1.29, 1.82) is 0 Å². The van der Waals surface area contributed by atoms with Crippen molar-refractivity contribution in [2.24, 2.45) is 5.41 Å². The van der Waals surface area contributed by atoms with Crippen molar-refractivity contribution in [1.82, 2.24) is 9.88 Å². The molecule has 0 amide bonds. The Labute approximate surface area is 108 Å². The van der Waals surface area contributed by atoms with Crippen molar-refractivity contribution in [3.05, 3.63) is 11.1 Å². The lowest BCUT2D eigenvalue weighted by Gasteiger charge is -2.40. The Hall–Kier alpha value is -0.610. The second-order valence-electron chi connectivity index (χ2n) is 5.16. The number of aromatic nitrogens is 1. The summed E-state index contributed by atoms with van der Waals surface area (Å²) in [6.45, 7) is 8.05. The highest BCUT2D eigenvalue weighted by molar-refractivity contribution is 7.13. The third kappa shape index (κ3) is 2.99. The SMILES string of the molecule is CCC1(CC)CCN(Cc2csc(N)n2)CC1. The number of nitrogen functional groups attached to an aromatic ring is 1. The molecule has 96 valence electrons. The first-order valence-corrected chi connectivity index (χ1v) is 7.47. The van der Waals surface area contributed by atoms with Gasteiger partial charge >= 0.3 is 0 Å². The highest BCUT2D eigenvalue weighted by Gasteiger charge is 2.31. The molecule has 0 saturated carbocycles. The predicted octanol–water partition coefficient (Wildman–Crippen LogP) is 3.13. The predicted molar refractivity (Wildman–Crippen MR) is 74.1 cm³/mol. The van der Waals surface area contributed by atoms with Crippen LogP contribution in [-0.4, -0.2) is 23.0 Å². The van der Waals surface area contributed by atoms with E-state index in [1.54, 1.807) is 11.3 Å². The molecule has 1 aliphatic heterocycles. The Bertz CT molecular complexity index is 347. The number of piperidine rings is 1. The number of likely N-dealkylation sites (tertiary alicyclic amines) is 1. The van der Waals surface area contributed by atoms with E-state index in [1.807, 2.05) is 0 Å². The van der Waals surface area contributed by atoms with Gasteiger partial charge in [0.05, 0.1) is 5.69 Å². The molecule has 4 heteroatoms. The van der Waals surface area contributed by atoms with Crippen LogP contribution in [0.3, 0.4) is 0 Å². The van der Waals surface area contributed by atoms with Crippen molar-refractivity contribution >= 4 is 16.5 Å². The van der Waals surface area contributed by atoms with Crippen LogP contribution in [0.5, 0.6) is 0 Å². The number of thiazole rings is 1. The van der Waals surface area contributed by atoms with E-state index in [2.05, 4.69) is 29.1 Å². The molecule has 0 bridgehead atoms. The van der Waals surface area contributed by atoms with Gasteiger partial charge in [-0.15, -0.1) is 11.3 Å². The Kier molecular flexibility index (Phi) is 4.05. The highest BCUT2D eigenvalue weighted by atomic mass is 32.1. The maximum atomic E-state index is 5.66. The van der Waals surface area contributed by atoms with Gasteiger partial charge in [-0.1, -0.05) is 26.7 Å². The molecule has 1 fully saturated rings. The second kappa shape index (κ2) is 5.36. The molecule has 17 heavy (non-hydrogen) atoms. The fourth-order valence-electron chi connectivity index (χ4n) is 2.77. The molecule has 0 aromatic carbocycles. The summed E-state index contributed by atoms with van der Waals surface area (Å²) >= 11 is 1.54. The molecule has 0 atom stereocenters. The second-order valence-corrected chi connectivity index (χ2v) is 6.05. The lowest BCUT2D eigenvalue weighted by molar-refractivity contribution is 0.0902. The van der Waals surface area contributed by atoms with Gasteiger partial charge in [-0.2, -0.15) is 0 Å². The van der Waals surface area contributed by atoms with Crippen LogP contribution in [0.1, 0.15) is 45.2 Å². The molecule has 1 aromatic rings. The van der Waals surface area contributed by atoms with Crippen molar-refractivity contribution in [3.63, 3.8) is 0 Å². The maximum absolute atomic E-state index is 5.66. The molecule has 0 spiro atoms. The summed E-state index contributed by atoms with van der Waals surface area (Å²) in [4.78, 5) is 6.85. The van der Waals surface area contributed by atoms with E-state index in [4.69, 9.17) is 5.73 Å². The van der Waals surface area contributed by atoms with Gasteiger partial charge in [-0.05, 0) is 31.3 Å². The first kappa shape index (κ1) is 12.8. The summed E-state index contributed by atoms with van der Waals surface area (Å²) in [7, 11) is 0. The van der Waals surface area contributed by atoms with Crippen molar-refractivity contribution in [3.8, 4) is 0 Å². The normalized spacial score (nSPS) is 20.6. The molecule has 1 aliphatic rings. The molecule has 2 N–H and O–H groups in total. The lowest BCUT2D eigenvalue weighted by Crippen LogP contribution is -2.39. The number of nitrogens with zero attached hydrogens (tertiary/aromatic N) is 2. The standard InChI is InChI=1S/C13H23N3S/c1-3-13(4-2)5-7-16(8-6-13)9-11-10-17-12(14)15-11/h10H,3-9H2,1-2H3,(H2,14,15). The zero-order chi connectivity index (χ0) is 12.3. The number of anilines is 1. The smallest absolute Gasteiger partial charge is 0.180 e. The Morgan fingerprint density at radius 3 is 2.47 bits per heavy atom. The average molecular weight is 253 g/mol. The van der Waals surface area contributed by atoms with Crippen LogP contribution in [0, 0.1) is 5.41 Å². The number of rotatable bonds is 4. The van der Waals surface area contributed by atoms with Gasteiger partial charge in [0.2, 0.25) is 0 Å². The molecule has 0 unspecified atom stereocenters. The van der Waals surface area contributed by atoms with Gasteiger partial charge in [0, 0.05) is 11.9 Å². The van der Waals surface area contributed by atoms with E-state index in [9.17, 15) is 0 Å². The molecular weight excluding hydrogens is 230 g/mol. The monoisotopic (exact) mass is 253 g/mol. The molecule has 3 nitrogen and oxygen atoms in total. The van der Waals surface area contributed by atoms with Gasteiger partial charge in [-0.25, -0.2) is 4.98 Å². The van der Waals surface area contributed by atoms with Gasteiger partial charge in [0.15, 0.2) is 5.13 Å². The lowest BCUT2D eigenvalue weighted by atomic mass is 9.74. The highest BCUT2D eigenvalue weighted by Crippen LogP contribution is 2.38. The topological polar surface area (TPSA) is 42.1 Å². The third-order valence-electron chi connectivity index (χ3n) is 4.37.